The van der Waals surface area contributed by atoms with E-state index in [1.165, 1.54) is 0 Å². The second-order valence-electron chi connectivity index (χ2n) is 10.4. The van der Waals surface area contributed by atoms with Crippen molar-refractivity contribution in [3.05, 3.63) is 53.1 Å². The molecule has 0 aromatic heterocycles. The van der Waals surface area contributed by atoms with Crippen LogP contribution in [0, 0.1) is 18.8 Å². The van der Waals surface area contributed by atoms with Gasteiger partial charge in [0.1, 0.15) is 11.8 Å². The summed E-state index contributed by atoms with van der Waals surface area (Å²) >= 11 is 8.04. The lowest BCUT2D eigenvalue weighted by Crippen LogP contribution is -2.51. The summed E-state index contributed by atoms with van der Waals surface area (Å²) < 4.78 is 4.80. The number of likely N-dealkylation sites (tertiary alicyclic amines) is 1. The molecule has 0 saturated carbocycles. The number of rotatable bonds is 10. The summed E-state index contributed by atoms with van der Waals surface area (Å²) in [5.41, 5.74) is 2.00. The monoisotopic (exact) mass is 571 g/mol. The summed E-state index contributed by atoms with van der Waals surface area (Å²) in [5.74, 6) is -1.06. The number of thioether (sulfide) groups is 1. The third kappa shape index (κ3) is 5.00. The first-order valence-corrected chi connectivity index (χ1v) is 14.8. The van der Waals surface area contributed by atoms with Gasteiger partial charge in [-0.25, -0.2) is 0 Å². The summed E-state index contributed by atoms with van der Waals surface area (Å²) in [7, 11) is 0. The van der Waals surface area contributed by atoms with E-state index in [9.17, 15) is 19.5 Å². The molecule has 3 aliphatic rings. The third-order valence-electron chi connectivity index (χ3n) is 8.06. The number of carbonyl (C=O) groups is 3. The summed E-state index contributed by atoms with van der Waals surface area (Å²) in [6, 6.07) is 11.9. The lowest BCUT2D eigenvalue weighted by Gasteiger charge is -2.34. The molecule has 5 atom stereocenters. The highest BCUT2D eigenvalue weighted by molar-refractivity contribution is 8.02. The minimum absolute atomic E-state index is 0.0101. The molecule has 3 aliphatic heterocycles. The summed E-state index contributed by atoms with van der Waals surface area (Å²) in [5, 5.41) is 15.7. The zero-order chi connectivity index (χ0) is 27.7. The van der Waals surface area contributed by atoms with Crippen molar-refractivity contribution in [3.8, 4) is 5.75 Å². The minimum Gasteiger partial charge on any atom is -0.494 e. The van der Waals surface area contributed by atoms with Crippen molar-refractivity contribution in [2.24, 2.45) is 11.8 Å². The number of unbranched alkanes of at least 4 members (excludes halogenated alkanes) is 1. The van der Waals surface area contributed by atoms with Crippen LogP contribution in [0.2, 0.25) is 5.02 Å². The van der Waals surface area contributed by atoms with E-state index in [1.807, 2.05) is 26.0 Å². The first-order chi connectivity index (χ1) is 18.8. The molecular weight excluding hydrogens is 538 g/mol. The van der Waals surface area contributed by atoms with Gasteiger partial charge in [-0.2, -0.15) is 0 Å². The molecule has 0 radical (unpaired) electrons. The van der Waals surface area contributed by atoms with Gasteiger partial charge in [0.25, 0.3) is 0 Å². The number of amides is 3. The van der Waals surface area contributed by atoms with Gasteiger partial charge in [-0.1, -0.05) is 23.7 Å². The molecule has 3 N–H and O–H groups in total. The Labute approximate surface area is 237 Å². The van der Waals surface area contributed by atoms with Gasteiger partial charge in [-0.15, -0.1) is 11.8 Å². The molecule has 0 aliphatic carbocycles. The molecule has 2 aromatic rings. The topological polar surface area (TPSA) is 108 Å². The van der Waals surface area contributed by atoms with Crippen LogP contribution < -0.4 is 15.4 Å². The number of hydrogen-bond donors (Lipinski definition) is 3. The van der Waals surface area contributed by atoms with Crippen LogP contribution in [-0.4, -0.2) is 63.5 Å². The van der Waals surface area contributed by atoms with Gasteiger partial charge in [0.05, 0.1) is 33.9 Å². The van der Waals surface area contributed by atoms with Crippen LogP contribution in [0.5, 0.6) is 5.75 Å². The lowest BCUT2D eigenvalue weighted by molar-refractivity contribution is -0.138. The molecular formula is C29H34ClN3O5S. The zero-order valence-corrected chi connectivity index (χ0v) is 23.7. The number of ether oxygens (including phenoxy) is 1. The number of para-hydroxylation sites is 1. The van der Waals surface area contributed by atoms with Crippen LogP contribution in [0.25, 0.3) is 0 Å². The molecule has 3 amide bonds. The smallest absolute Gasteiger partial charge is 0.248 e. The normalized spacial score (nSPS) is 27.0. The molecule has 39 heavy (non-hydrogen) atoms. The molecule has 208 valence electrons. The number of aryl methyl sites for hydroxylation is 1. The fourth-order valence-corrected chi connectivity index (χ4v) is 8.89. The number of aliphatic hydroxyl groups is 1. The van der Waals surface area contributed by atoms with E-state index < -0.39 is 22.6 Å². The number of hydrogen-bond acceptors (Lipinski definition) is 6. The first-order valence-electron chi connectivity index (χ1n) is 13.5. The fourth-order valence-electron chi connectivity index (χ4n) is 6.40. The van der Waals surface area contributed by atoms with Crippen LogP contribution >= 0.6 is 23.4 Å². The van der Waals surface area contributed by atoms with E-state index in [1.54, 1.807) is 47.0 Å². The lowest BCUT2D eigenvalue weighted by atomic mass is 9.70. The molecule has 5 rings (SSSR count). The van der Waals surface area contributed by atoms with Crippen molar-refractivity contribution in [1.82, 2.24) is 4.90 Å². The second kappa shape index (κ2) is 11.4. The standard InChI is InChI=1S/C29H34ClN3O5S/c1-3-38-19-11-9-18(10-12-19)31-26(35)22-21-13-14-29(39-21)23(22)28(37)33(15-4-5-16-34)25(29)27(36)32-24-17(2)7-6-8-20(24)30/h6-12,21-23,25,34H,3-5,13-16H2,1-2H3,(H,31,35)(H,32,36)/t21-,22+,23+,25?,29?/m1/s1. The average molecular weight is 572 g/mol. The van der Waals surface area contributed by atoms with E-state index in [-0.39, 0.29) is 29.6 Å². The summed E-state index contributed by atoms with van der Waals surface area (Å²) in [6.45, 7) is 4.69. The Morgan fingerprint density at radius 1 is 1.15 bits per heavy atom. The van der Waals surface area contributed by atoms with Gasteiger partial charge in [-0.05, 0) is 75.4 Å². The molecule has 3 fully saturated rings. The number of halogens is 1. The van der Waals surface area contributed by atoms with Gasteiger partial charge in [0, 0.05) is 24.1 Å². The molecule has 2 bridgehead atoms. The second-order valence-corrected chi connectivity index (χ2v) is 12.4. The number of benzene rings is 2. The molecule has 3 heterocycles. The Morgan fingerprint density at radius 2 is 1.92 bits per heavy atom. The maximum atomic E-state index is 14.0. The highest BCUT2D eigenvalue weighted by atomic mass is 35.5. The van der Waals surface area contributed by atoms with Crippen molar-refractivity contribution in [3.63, 3.8) is 0 Å². The minimum atomic E-state index is -0.734. The van der Waals surface area contributed by atoms with Gasteiger partial charge < -0.3 is 25.4 Å². The van der Waals surface area contributed by atoms with Crippen molar-refractivity contribution in [1.29, 1.82) is 0 Å². The van der Waals surface area contributed by atoms with Gasteiger partial charge in [0.15, 0.2) is 0 Å². The van der Waals surface area contributed by atoms with E-state index >= 15 is 0 Å². The van der Waals surface area contributed by atoms with Crippen molar-refractivity contribution in [2.45, 2.75) is 55.6 Å². The molecule has 3 saturated heterocycles. The highest BCUT2D eigenvalue weighted by Crippen LogP contribution is 2.66. The van der Waals surface area contributed by atoms with Gasteiger partial charge in [0.2, 0.25) is 17.7 Å². The number of nitrogens with one attached hydrogen (secondary N) is 2. The number of anilines is 2. The van der Waals surface area contributed by atoms with E-state index in [2.05, 4.69) is 10.6 Å². The number of fused-ring (bicyclic) bond motifs is 1. The van der Waals surface area contributed by atoms with Crippen LogP contribution in [0.3, 0.4) is 0 Å². The van der Waals surface area contributed by atoms with Crippen LogP contribution in [0.1, 0.15) is 38.2 Å². The zero-order valence-electron chi connectivity index (χ0n) is 22.1. The average Bonchev–Trinajstić information content (AvgIpc) is 3.55. The number of nitrogens with zero attached hydrogens (tertiary/aromatic N) is 1. The third-order valence-corrected chi connectivity index (χ3v) is 10.3. The fraction of sp³-hybridized carbons (Fsp3) is 0.483. The highest BCUT2D eigenvalue weighted by Gasteiger charge is 2.73. The van der Waals surface area contributed by atoms with Crippen LogP contribution in [0.4, 0.5) is 11.4 Å². The van der Waals surface area contributed by atoms with E-state index in [4.69, 9.17) is 16.3 Å². The van der Waals surface area contributed by atoms with Gasteiger partial charge in [-0.3, -0.25) is 14.4 Å². The van der Waals surface area contributed by atoms with Crippen molar-refractivity contribution < 1.29 is 24.2 Å². The predicted molar refractivity (Wildman–Crippen MR) is 153 cm³/mol. The number of carbonyl (C=O) groups excluding carboxylic acids is 3. The quantitative estimate of drug-likeness (QED) is 0.363. The van der Waals surface area contributed by atoms with Gasteiger partial charge >= 0.3 is 0 Å². The molecule has 8 nitrogen and oxygen atoms in total. The Hall–Kier alpha value is -2.75. The number of aliphatic hydroxyl groups excluding tert-OH is 1. The SMILES string of the molecule is CCOc1ccc(NC(=O)[C@@H]2[C@H]3C(=O)N(CCCCO)C(C(=O)Nc4c(C)cccc4Cl)C34CC[C@H]2S4)cc1. The summed E-state index contributed by atoms with van der Waals surface area (Å²) in [4.78, 5) is 43.2. The summed E-state index contributed by atoms with van der Waals surface area (Å²) in [6.07, 6.45) is 2.53. The maximum Gasteiger partial charge on any atom is 0.248 e. The molecule has 2 unspecified atom stereocenters. The predicted octanol–water partition coefficient (Wildman–Crippen LogP) is 4.49. The molecule has 2 aromatic carbocycles. The Morgan fingerprint density at radius 3 is 2.62 bits per heavy atom. The van der Waals surface area contributed by atoms with Crippen molar-refractivity contribution >= 4 is 52.5 Å². The van der Waals surface area contributed by atoms with E-state index in [0.29, 0.717) is 48.8 Å². The first kappa shape index (κ1) is 27.8. The van der Waals surface area contributed by atoms with E-state index in [0.717, 1.165) is 17.7 Å². The van der Waals surface area contributed by atoms with Crippen LogP contribution in [0.15, 0.2) is 42.5 Å². The largest absolute Gasteiger partial charge is 0.494 e. The molecule has 1 spiro atoms. The Kier molecular flexibility index (Phi) is 8.12. The van der Waals surface area contributed by atoms with Crippen LogP contribution in [-0.2, 0) is 14.4 Å². The Balaban J connectivity index is 1.43. The molecule has 10 heteroatoms. The van der Waals surface area contributed by atoms with Crippen molar-refractivity contribution in [2.75, 3.05) is 30.4 Å². The maximum absolute atomic E-state index is 14.0. The Bertz CT molecular complexity index is 1240.